The predicted octanol–water partition coefficient (Wildman–Crippen LogP) is 4.37. The fourth-order valence-corrected chi connectivity index (χ4v) is 2.85. The lowest BCUT2D eigenvalue weighted by atomic mass is 10.2. The number of rotatable bonds is 3. The molecule has 1 heterocycles. The number of thioether (sulfide) groups is 1. The third kappa shape index (κ3) is 3.37. The van der Waals surface area contributed by atoms with Crippen LogP contribution in [-0.4, -0.2) is 4.98 Å². The van der Waals surface area contributed by atoms with Crippen molar-refractivity contribution in [2.45, 2.75) is 10.8 Å². The molecule has 0 saturated heterocycles. The summed E-state index contributed by atoms with van der Waals surface area (Å²) in [5.41, 5.74) is 7.50. The summed E-state index contributed by atoms with van der Waals surface area (Å²) in [4.78, 5) is 4.29. The zero-order valence-corrected chi connectivity index (χ0v) is 12.0. The summed E-state index contributed by atoms with van der Waals surface area (Å²) in [6.07, 6.45) is 1.78. The van der Waals surface area contributed by atoms with Crippen molar-refractivity contribution in [3.05, 3.63) is 51.6 Å². The van der Waals surface area contributed by atoms with Gasteiger partial charge in [0.2, 0.25) is 0 Å². The first-order valence-corrected chi connectivity index (χ1v) is 7.09. The molecule has 0 aliphatic heterocycles. The van der Waals surface area contributed by atoms with Crippen LogP contribution < -0.4 is 5.73 Å². The van der Waals surface area contributed by atoms with E-state index >= 15 is 0 Å². The number of benzene rings is 1. The minimum atomic E-state index is 0.595. The fraction of sp³-hybridized carbons (Fsp3) is 0.0833. The van der Waals surface area contributed by atoms with Crippen molar-refractivity contribution in [1.82, 2.24) is 4.98 Å². The molecule has 1 aromatic heterocycles. The first kappa shape index (κ1) is 12.7. The lowest BCUT2D eigenvalue weighted by molar-refractivity contribution is 1.11. The molecule has 0 aliphatic rings. The highest BCUT2D eigenvalue weighted by Gasteiger charge is 2.03. The third-order valence-corrected chi connectivity index (χ3v) is 4.48. The Kier molecular flexibility index (Phi) is 4.31. The largest absolute Gasteiger partial charge is 0.398 e. The Balaban J connectivity index is 2.08. The second-order valence-corrected chi connectivity index (χ2v) is 5.66. The van der Waals surface area contributed by atoms with E-state index in [1.807, 2.05) is 30.3 Å². The minimum Gasteiger partial charge on any atom is -0.398 e. The number of hydrogen-bond acceptors (Lipinski definition) is 3. The normalized spacial score (nSPS) is 10.5. The molecule has 0 radical (unpaired) electrons. The zero-order valence-electron chi connectivity index (χ0n) is 8.86. The number of hydrogen-bond donors (Lipinski definition) is 1. The monoisotopic (exact) mass is 328 g/mol. The molecule has 2 aromatic rings. The molecule has 0 atom stereocenters. The first-order valence-electron chi connectivity index (χ1n) is 4.94. The van der Waals surface area contributed by atoms with Gasteiger partial charge in [0.25, 0.3) is 0 Å². The van der Waals surface area contributed by atoms with E-state index in [1.54, 1.807) is 18.0 Å². The maximum absolute atomic E-state index is 5.87. The fourth-order valence-electron chi connectivity index (χ4n) is 1.31. The van der Waals surface area contributed by atoms with Crippen LogP contribution in [0.2, 0.25) is 5.02 Å². The second-order valence-electron chi connectivity index (χ2n) is 3.43. The Morgan fingerprint density at radius 2 is 2.18 bits per heavy atom. The Labute approximate surface area is 118 Å². The molecule has 2 nitrogen and oxygen atoms in total. The van der Waals surface area contributed by atoms with Gasteiger partial charge in [0.1, 0.15) is 5.03 Å². The highest BCUT2D eigenvalue weighted by atomic mass is 79.9. The molecule has 17 heavy (non-hydrogen) atoms. The van der Waals surface area contributed by atoms with Gasteiger partial charge in [-0.2, -0.15) is 0 Å². The number of nitrogens with two attached hydrogens (primary N) is 1. The van der Waals surface area contributed by atoms with Crippen LogP contribution in [0.1, 0.15) is 5.56 Å². The second kappa shape index (κ2) is 5.76. The van der Waals surface area contributed by atoms with Crippen molar-refractivity contribution < 1.29 is 0 Å². The number of pyridine rings is 1. The molecule has 0 spiro atoms. The van der Waals surface area contributed by atoms with Gasteiger partial charge in [0.05, 0.1) is 10.7 Å². The van der Waals surface area contributed by atoms with Gasteiger partial charge in [-0.3, -0.25) is 0 Å². The van der Waals surface area contributed by atoms with Gasteiger partial charge in [0.15, 0.2) is 0 Å². The van der Waals surface area contributed by atoms with Gasteiger partial charge in [-0.15, -0.1) is 11.8 Å². The maximum atomic E-state index is 5.87. The SMILES string of the molecule is Nc1cc(CSc2ncccc2Br)ccc1Cl. The van der Waals surface area contributed by atoms with Crippen molar-refractivity contribution in [1.29, 1.82) is 0 Å². The van der Waals surface area contributed by atoms with Crippen LogP contribution in [-0.2, 0) is 5.75 Å². The summed E-state index contributed by atoms with van der Waals surface area (Å²) in [5, 5.41) is 1.57. The maximum Gasteiger partial charge on any atom is 0.110 e. The van der Waals surface area contributed by atoms with Crippen LogP contribution in [0.3, 0.4) is 0 Å². The zero-order chi connectivity index (χ0) is 12.3. The van der Waals surface area contributed by atoms with Crippen molar-refractivity contribution in [3.63, 3.8) is 0 Å². The molecule has 0 bridgehead atoms. The highest BCUT2D eigenvalue weighted by molar-refractivity contribution is 9.10. The summed E-state index contributed by atoms with van der Waals surface area (Å²) < 4.78 is 1.01. The van der Waals surface area contributed by atoms with Crippen LogP contribution in [0.25, 0.3) is 0 Å². The van der Waals surface area contributed by atoms with Crippen LogP contribution in [0.4, 0.5) is 5.69 Å². The Hall–Kier alpha value is -0.710. The Bertz CT molecular complexity index is 534. The molecule has 0 amide bonds. The lowest BCUT2D eigenvalue weighted by Gasteiger charge is -2.05. The van der Waals surface area contributed by atoms with Gasteiger partial charge >= 0.3 is 0 Å². The number of halogens is 2. The highest BCUT2D eigenvalue weighted by Crippen LogP contribution is 2.29. The topological polar surface area (TPSA) is 38.9 Å². The molecule has 0 unspecified atom stereocenters. The van der Waals surface area contributed by atoms with Crippen LogP contribution >= 0.6 is 39.3 Å². The van der Waals surface area contributed by atoms with E-state index in [0.717, 1.165) is 20.8 Å². The Morgan fingerprint density at radius 3 is 2.88 bits per heavy atom. The number of anilines is 1. The smallest absolute Gasteiger partial charge is 0.110 e. The first-order chi connectivity index (χ1) is 8.16. The van der Waals surface area contributed by atoms with Crippen molar-refractivity contribution in [3.8, 4) is 0 Å². The molecule has 88 valence electrons. The van der Waals surface area contributed by atoms with E-state index in [1.165, 1.54) is 0 Å². The van der Waals surface area contributed by atoms with Crippen LogP contribution in [0, 0.1) is 0 Å². The van der Waals surface area contributed by atoms with Gasteiger partial charge in [0, 0.05) is 16.4 Å². The van der Waals surface area contributed by atoms with E-state index in [-0.39, 0.29) is 0 Å². The van der Waals surface area contributed by atoms with E-state index in [9.17, 15) is 0 Å². The van der Waals surface area contributed by atoms with E-state index in [0.29, 0.717) is 10.7 Å². The lowest BCUT2D eigenvalue weighted by Crippen LogP contribution is -1.89. The number of nitrogens with zero attached hydrogens (tertiary/aromatic N) is 1. The molecule has 0 fully saturated rings. The minimum absolute atomic E-state index is 0.595. The van der Waals surface area contributed by atoms with Gasteiger partial charge in [-0.05, 0) is 45.8 Å². The van der Waals surface area contributed by atoms with Crippen LogP contribution in [0.15, 0.2) is 46.0 Å². The Morgan fingerprint density at radius 1 is 1.35 bits per heavy atom. The molecule has 0 saturated carbocycles. The average Bonchev–Trinajstić information content (AvgIpc) is 2.32. The molecule has 2 N–H and O–H groups in total. The van der Waals surface area contributed by atoms with Crippen molar-refractivity contribution in [2.24, 2.45) is 0 Å². The average molecular weight is 330 g/mol. The standard InChI is InChI=1S/C12H10BrClN2S/c13-9-2-1-5-16-12(9)17-7-8-3-4-10(14)11(15)6-8/h1-6H,7,15H2. The van der Waals surface area contributed by atoms with Crippen LogP contribution in [0.5, 0.6) is 0 Å². The van der Waals surface area contributed by atoms with Gasteiger partial charge < -0.3 is 5.73 Å². The van der Waals surface area contributed by atoms with E-state index in [2.05, 4.69) is 20.9 Å². The summed E-state index contributed by atoms with van der Waals surface area (Å²) in [5.74, 6) is 0.816. The van der Waals surface area contributed by atoms with Gasteiger partial charge in [-0.25, -0.2) is 4.98 Å². The summed E-state index contributed by atoms with van der Waals surface area (Å²) in [7, 11) is 0. The predicted molar refractivity (Wildman–Crippen MR) is 77.4 cm³/mol. The van der Waals surface area contributed by atoms with E-state index < -0.39 is 0 Å². The summed E-state index contributed by atoms with van der Waals surface area (Å²) >= 11 is 11.0. The van der Waals surface area contributed by atoms with Crippen molar-refractivity contribution >= 4 is 45.0 Å². The number of nitrogen functional groups attached to an aromatic ring is 1. The molecule has 1 aromatic carbocycles. The van der Waals surface area contributed by atoms with Gasteiger partial charge in [-0.1, -0.05) is 17.7 Å². The van der Waals surface area contributed by atoms with Crippen molar-refractivity contribution in [2.75, 3.05) is 5.73 Å². The van der Waals surface area contributed by atoms with E-state index in [4.69, 9.17) is 17.3 Å². The number of aromatic nitrogens is 1. The summed E-state index contributed by atoms with van der Waals surface area (Å²) in [6, 6.07) is 9.56. The quantitative estimate of drug-likeness (QED) is 0.671. The third-order valence-electron chi connectivity index (χ3n) is 2.16. The molecule has 0 aliphatic carbocycles. The summed E-state index contributed by atoms with van der Waals surface area (Å²) in [6.45, 7) is 0. The molecular weight excluding hydrogens is 320 g/mol. The molecule has 2 rings (SSSR count). The molecular formula is C12H10BrClN2S. The molecule has 5 heteroatoms.